The number of hydrogen-bond acceptors (Lipinski definition) is 3. The second-order valence-electron chi connectivity index (χ2n) is 6.53. The molecule has 1 aromatic heterocycles. The first-order chi connectivity index (χ1) is 10.9. The summed E-state index contributed by atoms with van der Waals surface area (Å²) < 4.78 is 0. The van der Waals surface area contributed by atoms with Gasteiger partial charge in [0.2, 0.25) is 0 Å². The van der Waals surface area contributed by atoms with Gasteiger partial charge in [-0.15, -0.1) is 0 Å². The number of rotatable bonds is 6. The van der Waals surface area contributed by atoms with Gasteiger partial charge in [0.25, 0.3) is 0 Å². The van der Waals surface area contributed by atoms with Crippen molar-refractivity contribution in [1.82, 2.24) is 15.2 Å². The second kappa shape index (κ2) is 6.19. The van der Waals surface area contributed by atoms with Crippen molar-refractivity contribution in [3.8, 4) is 0 Å². The lowest BCUT2D eigenvalue weighted by Crippen LogP contribution is -2.54. The van der Waals surface area contributed by atoms with Gasteiger partial charge in [0.05, 0.1) is 0 Å². The molecule has 3 heteroatoms. The highest BCUT2D eigenvalue weighted by atomic mass is 15.3. The summed E-state index contributed by atoms with van der Waals surface area (Å²) in [7, 11) is 0. The summed E-state index contributed by atoms with van der Waals surface area (Å²) >= 11 is 0. The Morgan fingerprint density at radius 2 is 1.95 bits per heavy atom. The molecule has 2 fully saturated rings. The van der Waals surface area contributed by atoms with Crippen LogP contribution in [-0.4, -0.2) is 28.5 Å². The highest BCUT2D eigenvalue weighted by Gasteiger charge is 2.39. The SMILES string of the molecule is c1ccc(CN2C(CNC3CC3)CC2c2cccnc2)cc1. The zero-order valence-corrected chi connectivity index (χ0v) is 12.9. The summed E-state index contributed by atoms with van der Waals surface area (Å²) in [6.07, 6.45) is 7.83. The van der Waals surface area contributed by atoms with Crippen LogP contribution in [0.4, 0.5) is 0 Å². The van der Waals surface area contributed by atoms with Gasteiger partial charge < -0.3 is 5.32 Å². The molecule has 2 atom stereocenters. The highest BCUT2D eigenvalue weighted by molar-refractivity contribution is 5.21. The molecule has 0 bridgehead atoms. The van der Waals surface area contributed by atoms with E-state index in [4.69, 9.17) is 0 Å². The Morgan fingerprint density at radius 3 is 2.68 bits per heavy atom. The van der Waals surface area contributed by atoms with Crippen LogP contribution in [0.3, 0.4) is 0 Å². The fraction of sp³-hybridized carbons (Fsp3) is 0.421. The molecule has 3 nitrogen and oxygen atoms in total. The fourth-order valence-electron chi connectivity index (χ4n) is 3.37. The lowest BCUT2D eigenvalue weighted by Gasteiger charge is -2.49. The monoisotopic (exact) mass is 293 g/mol. The average Bonchev–Trinajstić information content (AvgIpc) is 3.38. The van der Waals surface area contributed by atoms with E-state index in [1.807, 2.05) is 18.5 Å². The van der Waals surface area contributed by atoms with Crippen LogP contribution < -0.4 is 5.32 Å². The van der Waals surface area contributed by atoms with E-state index in [1.165, 1.54) is 30.4 Å². The van der Waals surface area contributed by atoms with Gasteiger partial charge in [-0.2, -0.15) is 0 Å². The van der Waals surface area contributed by atoms with Crippen LogP contribution in [-0.2, 0) is 6.54 Å². The molecule has 114 valence electrons. The first kappa shape index (κ1) is 13.9. The Bertz CT molecular complexity index is 595. The first-order valence-corrected chi connectivity index (χ1v) is 8.33. The number of nitrogens with one attached hydrogen (secondary N) is 1. The Hall–Kier alpha value is -1.71. The maximum atomic E-state index is 4.30. The molecule has 4 rings (SSSR count). The lowest BCUT2D eigenvalue weighted by atomic mass is 9.87. The van der Waals surface area contributed by atoms with Crippen LogP contribution in [0.25, 0.3) is 0 Å². The molecule has 1 aliphatic heterocycles. The topological polar surface area (TPSA) is 28.2 Å². The largest absolute Gasteiger partial charge is 0.312 e. The Morgan fingerprint density at radius 1 is 1.09 bits per heavy atom. The van der Waals surface area contributed by atoms with Gasteiger partial charge in [-0.05, 0) is 36.5 Å². The van der Waals surface area contributed by atoms with Crippen LogP contribution in [0.15, 0.2) is 54.9 Å². The summed E-state index contributed by atoms with van der Waals surface area (Å²) in [6.45, 7) is 2.14. The van der Waals surface area contributed by atoms with Gasteiger partial charge in [-0.3, -0.25) is 9.88 Å². The number of hydrogen-bond donors (Lipinski definition) is 1. The third-order valence-corrected chi connectivity index (χ3v) is 4.86. The standard InChI is InChI=1S/C19H23N3/c1-2-5-15(6-3-1)14-22-18(13-21-17-8-9-17)11-19(22)16-7-4-10-20-12-16/h1-7,10,12,17-19,21H,8-9,11,13-14H2. The van der Waals surface area contributed by atoms with E-state index in [1.54, 1.807) is 0 Å². The van der Waals surface area contributed by atoms with Crippen LogP contribution in [0.1, 0.15) is 36.4 Å². The van der Waals surface area contributed by atoms with E-state index >= 15 is 0 Å². The first-order valence-electron chi connectivity index (χ1n) is 8.33. The third kappa shape index (κ3) is 3.06. The summed E-state index contributed by atoms with van der Waals surface area (Å²) in [6, 6.07) is 17.0. The average molecular weight is 293 g/mol. The van der Waals surface area contributed by atoms with Crippen molar-refractivity contribution in [2.45, 2.75) is 43.9 Å². The smallest absolute Gasteiger partial charge is 0.0385 e. The van der Waals surface area contributed by atoms with Crippen molar-refractivity contribution in [3.05, 3.63) is 66.0 Å². The Kier molecular flexibility index (Phi) is 3.92. The van der Waals surface area contributed by atoms with Gasteiger partial charge >= 0.3 is 0 Å². The lowest BCUT2D eigenvalue weighted by molar-refractivity contribution is 0.00537. The Balaban J connectivity index is 1.47. The number of aromatic nitrogens is 1. The molecular weight excluding hydrogens is 270 g/mol. The quantitative estimate of drug-likeness (QED) is 0.887. The van der Waals surface area contributed by atoms with Crippen LogP contribution in [0.2, 0.25) is 0 Å². The van der Waals surface area contributed by atoms with E-state index in [9.17, 15) is 0 Å². The molecule has 1 saturated carbocycles. The van der Waals surface area contributed by atoms with E-state index in [-0.39, 0.29) is 0 Å². The van der Waals surface area contributed by atoms with Gasteiger partial charge in [-0.1, -0.05) is 36.4 Å². The summed E-state index contributed by atoms with van der Waals surface area (Å²) in [5, 5.41) is 3.69. The molecule has 2 aromatic rings. The second-order valence-corrected chi connectivity index (χ2v) is 6.53. The molecular formula is C19H23N3. The minimum Gasteiger partial charge on any atom is -0.312 e. The predicted molar refractivity (Wildman–Crippen MR) is 88.4 cm³/mol. The summed E-state index contributed by atoms with van der Waals surface area (Å²) in [5.41, 5.74) is 2.74. The molecule has 1 aromatic carbocycles. The molecule has 1 aliphatic carbocycles. The predicted octanol–water partition coefficient (Wildman–Crippen LogP) is 3.15. The van der Waals surface area contributed by atoms with Gasteiger partial charge in [-0.25, -0.2) is 0 Å². The minimum absolute atomic E-state index is 0.514. The molecule has 2 aliphatic rings. The number of nitrogens with zero attached hydrogens (tertiary/aromatic N) is 2. The fourth-order valence-corrected chi connectivity index (χ4v) is 3.37. The molecule has 1 N–H and O–H groups in total. The third-order valence-electron chi connectivity index (χ3n) is 4.86. The highest BCUT2D eigenvalue weighted by Crippen LogP contribution is 2.39. The zero-order valence-electron chi connectivity index (χ0n) is 12.9. The maximum Gasteiger partial charge on any atom is 0.0385 e. The molecule has 2 unspecified atom stereocenters. The zero-order chi connectivity index (χ0) is 14.8. The molecule has 22 heavy (non-hydrogen) atoms. The van der Waals surface area contributed by atoms with Gasteiger partial charge in [0, 0.05) is 43.6 Å². The number of pyridine rings is 1. The van der Waals surface area contributed by atoms with Crippen molar-refractivity contribution in [2.75, 3.05) is 6.54 Å². The Labute approximate surface area is 132 Å². The van der Waals surface area contributed by atoms with Crippen LogP contribution in [0.5, 0.6) is 0 Å². The van der Waals surface area contributed by atoms with Crippen LogP contribution in [0, 0.1) is 0 Å². The van der Waals surface area contributed by atoms with E-state index in [0.29, 0.717) is 12.1 Å². The minimum atomic E-state index is 0.514. The molecule has 1 saturated heterocycles. The number of benzene rings is 1. The normalized spacial score (nSPS) is 24.9. The van der Waals surface area contributed by atoms with E-state index in [0.717, 1.165) is 19.1 Å². The molecule has 0 amide bonds. The molecule has 0 radical (unpaired) electrons. The van der Waals surface area contributed by atoms with Crippen molar-refractivity contribution < 1.29 is 0 Å². The molecule has 2 heterocycles. The van der Waals surface area contributed by atoms with Crippen molar-refractivity contribution in [1.29, 1.82) is 0 Å². The van der Waals surface area contributed by atoms with Gasteiger partial charge in [0.15, 0.2) is 0 Å². The van der Waals surface area contributed by atoms with Crippen molar-refractivity contribution >= 4 is 0 Å². The van der Waals surface area contributed by atoms with Crippen LogP contribution >= 0.6 is 0 Å². The van der Waals surface area contributed by atoms with Gasteiger partial charge in [0.1, 0.15) is 0 Å². The maximum absolute atomic E-state index is 4.30. The number of likely N-dealkylation sites (tertiary alicyclic amines) is 1. The van der Waals surface area contributed by atoms with E-state index < -0.39 is 0 Å². The van der Waals surface area contributed by atoms with Crippen molar-refractivity contribution in [2.24, 2.45) is 0 Å². The van der Waals surface area contributed by atoms with Crippen molar-refractivity contribution in [3.63, 3.8) is 0 Å². The van der Waals surface area contributed by atoms with E-state index in [2.05, 4.69) is 51.6 Å². The molecule has 0 spiro atoms. The summed E-state index contributed by atoms with van der Waals surface area (Å²) in [4.78, 5) is 6.92. The summed E-state index contributed by atoms with van der Waals surface area (Å²) in [5.74, 6) is 0.